The van der Waals surface area contributed by atoms with E-state index in [1.807, 2.05) is 0 Å². The summed E-state index contributed by atoms with van der Waals surface area (Å²) in [6.45, 7) is 4.36. The second kappa shape index (κ2) is 11.5. The van der Waals surface area contributed by atoms with Crippen LogP contribution < -0.4 is 0 Å². The van der Waals surface area contributed by atoms with Crippen LogP contribution in [0.4, 0.5) is 13.2 Å². The molecule has 0 amide bonds. The fourth-order valence-electron chi connectivity index (χ4n) is 4.32. The Balaban J connectivity index is 1.78. The lowest BCUT2D eigenvalue weighted by atomic mass is 9.82. The Morgan fingerprint density at radius 3 is 2.43 bits per heavy atom. The van der Waals surface area contributed by atoms with Crippen molar-refractivity contribution >= 4 is 5.57 Å². The lowest BCUT2D eigenvalue weighted by Gasteiger charge is -2.23. The van der Waals surface area contributed by atoms with Crippen molar-refractivity contribution in [2.24, 2.45) is 11.8 Å². The Kier molecular flexibility index (Phi) is 9.34. The minimum absolute atomic E-state index is 0.568. The highest BCUT2D eigenvalue weighted by atomic mass is 19.4. The topological polar surface area (TPSA) is 0 Å². The molecular weight excluding hydrogens is 357 g/mol. The standard InChI is InChI=1S/C25H35F3/c1-3-5-6-9-20(8-4-2)10-7-11-21-12-14-22(15-13-21)23-16-18-24(19-17-23)25(26,27)28/h3,5,14,16-21H,4,6-13,15H2,1-2H3/b5-3+. The largest absolute Gasteiger partial charge is 0.416 e. The maximum absolute atomic E-state index is 12.7. The fraction of sp³-hybridized carbons (Fsp3) is 0.600. The molecule has 0 saturated carbocycles. The van der Waals surface area contributed by atoms with E-state index in [0.717, 1.165) is 36.7 Å². The first kappa shape index (κ1) is 22.8. The molecular formula is C25H35F3. The number of halogens is 3. The van der Waals surface area contributed by atoms with Crippen LogP contribution in [0.3, 0.4) is 0 Å². The van der Waals surface area contributed by atoms with Crippen LogP contribution in [0.1, 0.15) is 89.2 Å². The number of hydrogen-bond donors (Lipinski definition) is 0. The molecule has 0 nitrogen and oxygen atoms in total. The van der Waals surface area contributed by atoms with E-state index in [1.54, 1.807) is 12.1 Å². The summed E-state index contributed by atoms with van der Waals surface area (Å²) in [6.07, 6.45) is 14.6. The van der Waals surface area contributed by atoms with Gasteiger partial charge in [0.1, 0.15) is 0 Å². The molecule has 28 heavy (non-hydrogen) atoms. The Morgan fingerprint density at radius 1 is 1.11 bits per heavy atom. The molecule has 1 aromatic carbocycles. The highest BCUT2D eigenvalue weighted by Gasteiger charge is 2.30. The third kappa shape index (κ3) is 7.48. The van der Waals surface area contributed by atoms with E-state index in [1.165, 1.54) is 62.7 Å². The van der Waals surface area contributed by atoms with Gasteiger partial charge in [0, 0.05) is 0 Å². The molecule has 0 aliphatic heterocycles. The maximum Gasteiger partial charge on any atom is 0.416 e. The van der Waals surface area contributed by atoms with Gasteiger partial charge in [0.05, 0.1) is 5.56 Å². The summed E-state index contributed by atoms with van der Waals surface area (Å²) < 4.78 is 38.1. The Morgan fingerprint density at radius 2 is 1.86 bits per heavy atom. The average Bonchev–Trinajstić information content (AvgIpc) is 2.68. The summed E-state index contributed by atoms with van der Waals surface area (Å²) >= 11 is 0. The molecule has 0 heterocycles. The van der Waals surface area contributed by atoms with Crippen molar-refractivity contribution in [2.45, 2.75) is 84.2 Å². The predicted molar refractivity (Wildman–Crippen MR) is 113 cm³/mol. The first-order valence-corrected chi connectivity index (χ1v) is 10.9. The van der Waals surface area contributed by atoms with Crippen LogP contribution in [-0.4, -0.2) is 0 Å². The van der Waals surface area contributed by atoms with Gasteiger partial charge in [-0.25, -0.2) is 0 Å². The third-order valence-corrected chi connectivity index (χ3v) is 6.00. The lowest BCUT2D eigenvalue weighted by molar-refractivity contribution is -0.137. The van der Waals surface area contributed by atoms with E-state index in [4.69, 9.17) is 0 Å². The summed E-state index contributed by atoms with van der Waals surface area (Å²) in [4.78, 5) is 0. The summed E-state index contributed by atoms with van der Waals surface area (Å²) in [5.74, 6) is 1.58. The minimum atomic E-state index is -4.26. The van der Waals surface area contributed by atoms with Gasteiger partial charge in [0.25, 0.3) is 0 Å². The molecule has 1 aliphatic rings. The van der Waals surface area contributed by atoms with Crippen molar-refractivity contribution in [1.29, 1.82) is 0 Å². The molecule has 1 aliphatic carbocycles. The van der Waals surface area contributed by atoms with Gasteiger partial charge >= 0.3 is 6.18 Å². The quantitative estimate of drug-likeness (QED) is 0.349. The van der Waals surface area contributed by atoms with Crippen molar-refractivity contribution in [2.75, 3.05) is 0 Å². The Bertz CT molecular complexity index is 622. The molecule has 0 bridgehead atoms. The smallest absolute Gasteiger partial charge is 0.166 e. The average molecular weight is 393 g/mol. The highest BCUT2D eigenvalue weighted by molar-refractivity contribution is 5.66. The van der Waals surface area contributed by atoms with Gasteiger partial charge in [-0.1, -0.05) is 69.4 Å². The first-order valence-electron chi connectivity index (χ1n) is 10.9. The van der Waals surface area contributed by atoms with Crippen LogP contribution in [0.15, 0.2) is 42.5 Å². The SMILES string of the molecule is C/C=C/CCC(CCC)CCCC1CC=C(c2ccc(C(F)(F)F)cc2)CC1. The second-order valence-electron chi connectivity index (χ2n) is 8.18. The van der Waals surface area contributed by atoms with Gasteiger partial charge in [0.15, 0.2) is 0 Å². The predicted octanol–water partition coefficient (Wildman–Crippen LogP) is 8.83. The van der Waals surface area contributed by atoms with Gasteiger partial charge in [-0.15, -0.1) is 0 Å². The summed E-state index contributed by atoms with van der Waals surface area (Å²) in [5, 5.41) is 0. The molecule has 2 unspecified atom stereocenters. The lowest BCUT2D eigenvalue weighted by Crippen LogP contribution is -2.08. The first-order chi connectivity index (χ1) is 13.4. The monoisotopic (exact) mass is 392 g/mol. The summed E-state index contributed by atoms with van der Waals surface area (Å²) in [5.41, 5.74) is 1.58. The zero-order valence-corrected chi connectivity index (χ0v) is 17.4. The Hall–Kier alpha value is -1.51. The van der Waals surface area contributed by atoms with E-state index < -0.39 is 11.7 Å². The van der Waals surface area contributed by atoms with E-state index in [2.05, 4.69) is 32.1 Å². The number of allylic oxidation sites excluding steroid dienone is 4. The molecule has 0 N–H and O–H groups in total. The van der Waals surface area contributed by atoms with E-state index in [9.17, 15) is 13.2 Å². The highest BCUT2D eigenvalue weighted by Crippen LogP contribution is 2.35. The molecule has 0 aromatic heterocycles. The zero-order chi connectivity index (χ0) is 20.4. The second-order valence-corrected chi connectivity index (χ2v) is 8.18. The van der Waals surface area contributed by atoms with Crippen molar-refractivity contribution in [3.8, 4) is 0 Å². The zero-order valence-electron chi connectivity index (χ0n) is 17.4. The molecule has 0 saturated heterocycles. The summed E-state index contributed by atoms with van der Waals surface area (Å²) in [6, 6.07) is 5.64. The van der Waals surface area contributed by atoms with Gasteiger partial charge in [-0.05, 0) is 74.1 Å². The number of alkyl halides is 3. The molecule has 2 rings (SSSR count). The van der Waals surface area contributed by atoms with Crippen LogP contribution >= 0.6 is 0 Å². The number of hydrogen-bond acceptors (Lipinski definition) is 0. The third-order valence-electron chi connectivity index (χ3n) is 6.00. The molecule has 0 spiro atoms. The van der Waals surface area contributed by atoms with Gasteiger partial charge in [0.2, 0.25) is 0 Å². The van der Waals surface area contributed by atoms with Crippen LogP contribution in [-0.2, 0) is 6.18 Å². The molecule has 1 aromatic rings. The minimum Gasteiger partial charge on any atom is -0.166 e. The van der Waals surface area contributed by atoms with Gasteiger partial charge in [-0.3, -0.25) is 0 Å². The van der Waals surface area contributed by atoms with Crippen molar-refractivity contribution in [3.63, 3.8) is 0 Å². The number of benzene rings is 1. The summed E-state index contributed by atoms with van der Waals surface area (Å²) in [7, 11) is 0. The van der Waals surface area contributed by atoms with Crippen LogP contribution in [0.25, 0.3) is 5.57 Å². The van der Waals surface area contributed by atoms with E-state index >= 15 is 0 Å². The van der Waals surface area contributed by atoms with Crippen LogP contribution in [0.5, 0.6) is 0 Å². The molecule has 0 fully saturated rings. The van der Waals surface area contributed by atoms with Gasteiger partial charge in [-0.2, -0.15) is 13.2 Å². The Labute approximate surface area is 168 Å². The molecule has 0 radical (unpaired) electrons. The molecule has 3 heteroatoms. The maximum atomic E-state index is 12.7. The van der Waals surface area contributed by atoms with Crippen molar-refractivity contribution in [1.82, 2.24) is 0 Å². The van der Waals surface area contributed by atoms with Crippen molar-refractivity contribution in [3.05, 3.63) is 53.6 Å². The fourth-order valence-corrected chi connectivity index (χ4v) is 4.32. The van der Waals surface area contributed by atoms with Crippen LogP contribution in [0.2, 0.25) is 0 Å². The van der Waals surface area contributed by atoms with Crippen molar-refractivity contribution < 1.29 is 13.2 Å². The normalized spacial score (nSPS) is 19.0. The van der Waals surface area contributed by atoms with Crippen LogP contribution in [0, 0.1) is 11.8 Å². The van der Waals surface area contributed by atoms with E-state index in [0.29, 0.717) is 0 Å². The van der Waals surface area contributed by atoms with E-state index in [-0.39, 0.29) is 0 Å². The van der Waals surface area contributed by atoms with Gasteiger partial charge < -0.3 is 0 Å². The molecule has 156 valence electrons. The molecule has 2 atom stereocenters. The number of rotatable bonds is 10.